The Hall–Kier alpha value is -1.85. The van der Waals surface area contributed by atoms with Gasteiger partial charge in [-0.2, -0.15) is 0 Å². The van der Waals surface area contributed by atoms with Gasteiger partial charge in [-0.25, -0.2) is 0 Å². The molecule has 80 valence electrons. The molecule has 15 heavy (non-hydrogen) atoms. The van der Waals surface area contributed by atoms with E-state index in [0.29, 0.717) is 0 Å². The predicted molar refractivity (Wildman–Crippen MR) is 44.4 cm³/mol. The number of hydrogen-bond acceptors (Lipinski definition) is 6. The molecule has 1 fully saturated rings. The maximum Gasteiger partial charge on any atom is 0.331 e. The maximum atomic E-state index is 11.5. The summed E-state index contributed by atoms with van der Waals surface area (Å²) in [7, 11) is 0. The summed E-state index contributed by atoms with van der Waals surface area (Å²) < 4.78 is 4.16. The van der Waals surface area contributed by atoms with E-state index in [1.807, 2.05) is 0 Å². The second-order valence-corrected chi connectivity index (χ2v) is 3.23. The Labute approximate surface area is 84.6 Å². The normalized spacial score (nSPS) is 26.1. The van der Waals surface area contributed by atoms with Crippen molar-refractivity contribution in [2.45, 2.75) is 13.8 Å². The van der Waals surface area contributed by atoms with Crippen molar-refractivity contribution < 1.29 is 28.7 Å². The summed E-state index contributed by atoms with van der Waals surface area (Å²) in [5.41, 5.74) is 0. The highest BCUT2D eigenvalue weighted by molar-refractivity contribution is 6.31. The van der Waals surface area contributed by atoms with E-state index in [1.54, 1.807) is 0 Å². The summed E-state index contributed by atoms with van der Waals surface area (Å²) in [6, 6.07) is 0. The van der Waals surface area contributed by atoms with Crippen molar-refractivity contribution in [3.8, 4) is 0 Å². The fourth-order valence-corrected chi connectivity index (χ4v) is 1.35. The van der Waals surface area contributed by atoms with E-state index in [1.165, 1.54) is 0 Å². The van der Waals surface area contributed by atoms with Crippen LogP contribution in [0.15, 0.2) is 0 Å². The van der Waals surface area contributed by atoms with Gasteiger partial charge in [0.2, 0.25) is 0 Å². The van der Waals surface area contributed by atoms with Crippen molar-refractivity contribution >= 4 is 29.3 Å². The third kappa shape index (κ3) is 1.83. The van der Waals surface area contributed by atoms with Gasteiger partial charge in [-0.3, -0.25) is 24.0 Å². The van der Waals surface area contributed by atoms with Gasteiger partial charge in [0.15, 0.2) is 29.2 Å². The molecule has 6 nitrogen and oxygen atoms in total. The molecule has 0 N–H and O–H groups in total. The van der Waals surface area contributed by atoms with Crippen LogP contribution in [-0.2, 0) is 28.7 Å². The Balaban J connectivity index is 3.10. The zero-order valence-electron chi connectivity index (χ0n) is 8.10. The number of esters is 2. The standard InChI is InChI=1S/C9H8O6/c1-3(10)5-7(12)6(4(2)11)9(14)15-8(5)13/h5-6H,1-2H3/t5-,6-/m1/s1. The molecule has 0 aromatic heterocycles. The molecule has 0 radical (unpaired) electrons. The van der Waals surface area contributed by atoms with Gasteiger partial charge in [-0.1, -0.05) is 0 Å². The number of carbonyl (C=O) groups excluding carboxylic acids is 5. The fourth-order valence-electron chi connectivity index (χ4n) is 1.35. The number of Topliss-reactive ketones (excluding diaryl/α,β-unsaturated/α-hetero) is 3. The van der Waals surface area contributed by atoms with E-state index in [2.05, 4.69) is 4.74 Å². The minimum Gasteiger partial charge on any atom is -0.391 e. The topological polar surface area (TPSA) is 94.6 Å². The lowest BCUT2D eigenvalue weighted by atomic mass is 9.86. The zero-order valence-corrected chi connectivity index (χ0v) is 8.10. The van der Waals surface area contributed by atoms with E-state index >= 15 is 0 Å². The van der Waals surface area contributed by atoms with Crippen LogP contribution in [0.25, 0.3) is 0 Å². The van der Waals surface area contributed by atoms with Gasteiger partial charge in [0.05, 0.1) is 0 Å². The zero-order chi connectivity index (χ0) is 11.7. The van der Waals surface area contributed by atoms with Gasteiger partial charge >= 0.3 is 11.9 Å². The van der Waals surface area contributed by atoms with Crippen LogP contribution in [-0.4, -0.2) is 29.3 Å². The maximum absolute atomic E-state index is 11.5. The molecule has 1 aliphatic rings. The molecule has 0 amide bonds. The molecule has 2 atom stereocenters. The highest BCUT2D eigenvalue weighted by Gasteiger charge is 2.49. The number of hydrogen-bond donors (Lipinski definition) is 0. The average molecular weight is 212 g/mol. The first-order valence-electron chi connectivity index (χ1n) is 4.16. The summed E-state index contributed by atoms with van der Waals surface area (Å²) in [5.74, 6) is -8.14. The van der Waals surface area contributed by atoms with Crippen LogP contribution in [0.2, 0.25) is 0 Å². The Kier molecular flexibility index (Phi) is 2.78. The summed E-state index contributed by atoms with van der Waals surface area (Å²) in [4.78, 5) is 55.4. The molecule has 0 aliphatic carbocycles. The SMILES string of the molecule is CC(=O)[C@H]1C(=O)OC(=O)[C@H](C(C)=O)C1=O. The van der Waals surface area contributed by atoms with Crippen molar-refractivity contribution in [3.63, 3.8) is 0 Å². The third-order valence-corrected chi connectivity index (χ3v) is 2.05. The van der Waals surface area contributed by atoms with Gasteiger partial charge in [-0.05, 0) is 13.8 Å². The highest BCUT2D eigenvalue weighted by atomic mass is 16.6. The average Bonchev–Trinajstić information content (AvgIpc) is 1.99. The molecule has 0 spiro atoms. The number of ketones is 3. The van der Waals surface area contributed by atoms with Crippen LogP contribution in [0.5, 0.6) is 0 Å². The van der Waals surface area contributed by atoms with Gasteiger partial charge < -0.3 is 4.74 Å². The van der Waals surface area contributed by atoms with Crippen LogP contribution >= 0.6 is 0 Å². The van der Waals surface area contributed by atoms with Crippen LogP contribution < -0.4 is 0 Å². The van der Waals surface area contributed by atoms with Gasteiger partial charge in [0.1, 0.15) is 0 Å². The van der Waals surface area contributed by atoms with Gasteiger partial charge in [0.25, 0.3) is 0 Å². The van der Waals surface area contributed by atoms with Crippen molar-refractivity contribution in [2.24, 2.45) is 11.8 Å². The molecule has 0 unspecified atom stereocenters. The van der Waals surface area contributed by atoms with Gasteiger partial charge in [-0.15, -0.1) is 0 Å². The molecule has 1 aliphatic heterocycles. The lowest BCUT2D eigenvalue weighted by Gasteiger charge is -2.21. The van der Waals surface area contributed by atoms with Crippen LogP contribution in [0.3, 0.4) is 0 Å². The van der Waals surface area contributed by atoms with Crippen molar-refractivity contribution in [1.82, 2.24) is 0 Å². The second-order valence-electron chi connectivity index (χ2n) is 3.23. The number of ether oxygens (including phenoxy) is 1. The van der Waals surface area contributed by atoms with E-state index in [9.17, 15) is 24.0 Å². The van der Waals surface area contributed by atoms with Crippen LogP contribution in [0.4, 0.5) is 0 Å². The lowest BCUT2D eigenvalue weighted by Crippen LogP contribution is -2.48. The second kappa shape index (κ2) is 3.72. The third-order valence-electron chi connectivity index (χ3n) is 2.05. The Morgan fingerprint density at radius 2 is 1.27 bits per heavy atom. The summed E-state index contributed by atoms with van der Waals surface area (Å²) >= 11 is 0. The molecule has 0 aromatic rings. The van der Waals surface area contributed by atoms with E-state index in [0.717, 1.165) is 13.8 Å². The van der Waals surface area contributed by atoms with Crippen LogP contribution in [0, 0.1) is 11.8 Å². The summed E-state index contributed by atoms with van der Waals surface area (Å²) in [5, 5.41) is 0. The largest absolute Gasteiger partial charge is 0.391 e. The van der Waals surface area contributed by atoms with E-state index < -0.39 is 41.1 Å². The number of rotatable bonds is 2. The minimum absolute atomic E-state index is 0.733. The summed E-state index contributed by atoms with van der Waals surface area (Å²) in [6.07, 6.45) is 0. The number of carbonyl (C=O) groups is 5. The first-order chi connectivity index (χ1) is 6.86. The fraction of sp³-hybridized carbons (Fsp3) is 0.444. The molecule has 1 heterocycles. The molecule has 0 saturated carbocycles. The van der Waals surface area contributed by atoms with Crippen molar-refractivity contribution in [2.75, 3.05) is 0 Å². The highest BCUT2D eigenvalue weighted by Crippen LogP contribution is 2.20. The Morgan fingerprint density at radius 3 is 1.53 bits per heavy atom. The molecule has 0 aromatic carbocycles. The van der Waals surface area contributed by atoms with Crippen LogP contribution in [0.1, 0.15) is 13.8 Å². The Morgan fingerprint density at radius 1 is 0.933 bits per heavy atom. The van der Waals surface area contributed by atoms with Crippen molar-refractivity contribution in [3.05, 3.63) is 0 Å². The molecule has 0 bridgehead atoms. The molecular formula is C9H8O6. The van der Waals surface area contributed by atoms with E-state index in [-0.39, 0.29) is 0 Å². The summed E-state index contributed by atoms with van der Waals surface area (Å²) in [6.45, 7) is 2.05. The molecule has 1 saturated heterocycles. The van der Waals surface area contributed by atoms with Crippen molar-refractivity contribution in [1.29, 1.82) is 0 Å². The number of cyclic esters (lactones) is 2. The monoisotopic (exact) mass is 212 g/mol. The quantitative estimate of drug-likeness (QED) is 0.432. The predicted octanol–water partition coefficient (Wildman–Crippen LogP) is -0.951. The smallest absolute Gasteiger partial charge is 0.331 e. The van der Waals surface area contributed by atoms with Gasteiger partial charge in [0, 0.05) is 0 Å². The molecular weight excluding hydrogens is 204 g/mol. The molecule has 1 rings (SSSR count). The first kappa shape index (κ1) is 11.2. The molecule has 6 heteroatoms. The van der Waals surface area contributed by atoms with E-state index in [4.69, 9.17) is 0 Å². The first-order valence-corrected chi connectivity index (χ1v) is 4.16. The Bertz CT molecular complexity index is 346. The minimum atomic E-state index is -1.64. The lowest BCUT2D eigenvalue weighted by molar-refractivity contribution is -0.174.